The van der Waals surface area contributed by atoms with Gasteiger partial charge in [-0.2, -0.15) is 0 Å². The zero-order valence-electron chi connectivity index (χ0n) is 10.3. The smallest absolute Gasteiger partial charge is 0.249 e. The van der Waals surface area contributed by atoms with Crippen LogP contribution in [0.1, 0.15) is 13.3 Å². The summed E-state index contributed by atoms with van der Waals surface area (Å²) in [6.07, 6.45) is -8.63. The lowest BCUT2D eigenvalue weighted by atomic mass is 9.98. The van der Waals surface area contributed by atoms with Crippen molar-refractivity contribution in [2.75, 3.05) is 0 Å². The Morgan fingerprint density at radius 1 is 1.21 bits per heavy atom. The quantitative estimate of drug-likeness (QED) is 0.349. The van der Waals surface area contributed by atoms with Crippen LogP contribution in [0.4, 0.5) is 0 Å². The molecule has 1 saturated heterocycles. The van der Waals surface area contributed by atoms with E-state index in [4.69, 9.17) is 20.9 Å². The molecule has 9 nitrogen and oxygen atoms in total. The van der Waals surface area contributed by atoms with E-state index in [0.717, 1.165) is 0 Å². The van der Waals surface area contributed by atoms with Gasteiger partial charge < -0.3 is 36.3 Å². The van der Waals surface area contributed by atoms with Gasteiger partial charge in [0.15, 0.2) is 12.4 Å². The Morgan fingerprint density at radius 3 is 2.26 bits per heavy atom. The maximum absolute atomic E-state index is 11.0. The Kier molecular flexibility index (Phi) is 5.20. The van der Waals surface area contributed by atoms with Crippen molar-refractivity contribution in [1.82, 2.24) is 0 Å². The summed E-state index contributed by atoms with van der Waals surface area (Å²) in [6, 6.07) is 0. The van der Waals surface area contributed by atoms with Crippen molar-refractivity contribution in [3.05, 3.63) is 0 Å². The largest absolute Gasteiger partial charge is 0.387 e. The fourth-order valence-electron chi connectivity index (χ4n) is 1.76. The lowest BCUT2D eigenvalue weighted by Crippen LogP contribution is -2.61. The number of carbonyl (C=O) groups is 2. The van der Waals surface area contributed by atoms with E-state index >= 15 is 0 Å². The summed E-state index contributed by atoms with van der Waals surface area (Å²) < 4.78 is 10.1. The van der Waals surface area contributed by atoms with Crippen LogP contribution in [-0.2, 0) is 19.1 Å². The zero-order chi connectivity index (χ0) is 14.7. The fourth-order valence-corrected chi connectivity index (χ4v) is 1.76. The van der Waals surface area contributed by atoms with Gasteiger partial charge in [0.05, 0.1) is 12.5 Å². The van der Waals surface area contributed by atoms with Crippen molar-refractivity contribution in [3.8, 4) is 0 Å². The van der Waals surface area contributed by atoms with Crippen molar-refractivity contribution in [1.29, 1.82) is 0 Å². The number of rotatable bonds is 5. The van der Waals surface area contributed by atoms with Crippen LogP contribution in [-0.4, -0.2) is 63.9 Å². The highest BCUT2D eigenvalue weighted by molar-refractivity contribution is 5.79. The highest BCUT2D eigenvalue weighted by atomic mass is 16.7. The average molecular weight is 278 g/mol. The van der Waals surface area contributed by atoms with Crippen LogP contribution in [0, 0.1) is 0 Å². The van der Waals surface area contributed by atoms with Gasteiger partial charge in [0, 0.05) is 0 Å². The Bertz CT molecular complexity index is 351. The summed E-state index contributed by atoms with van der Waals surface area (Å²) in [6.45, 7) is 1.50. The maximum Gasteiger partial charge on any atom is 0.249 e. The topological polar surface area (TPSA) is 165 Å². The first kappa shape index (κ1) is 15.8. The van der Waals surface area contributed by atoms with Gasteiger partial charge in [0.1, 0.15) is 18.3 Å². The molecule has 1 fully saturated rings. The van der Waals surface area contributed by atoms with Crippen LogP contribution in [0.25, 0.3) is 0 Å². The van der Waals surface area contributed by atoms with Crippen molar-refractivity contribution in [2.45, 2.75) is 50.2 Å². The van der Waals surface area contributed by atoms with Crippen molar-refractivity contribution < 1.29 is 34.4 Å². The average Bonchev–Trinajstić information content (AvgIpc) is 2.28. The number of primary amides is 2. The molecule has 0 aliphatic carbocycles. The number of nitrogens with two attached hydrogens (primary N) is 2. The van der Waals surface area contributed by atoms with Crippen LogP contribution in [0.15, 0.2) is 0 Å². The number of carbonyl (C=O) groups excluding carboxylic acids is 2. The van der Waals surface area contributed by atoms with Crippen LogP contribution in [0.5, 0.6) is 0 Å². The van der Waals surface area contributed by atoms with Gasteiger partial charge in [0.25, 0.3) is 0 Å². The summed E-state index contributed by atoms with van der Waals surface area (Å²) >= 11 is 0. The van der Waals surface area contributed by atoms with Gasteiger partial charge in [-0.1, -0.05) is 0 Å². The molecule has 110 valence electrons. The van der Waals surface area contributed by atoms with Crippen molar-refractivity contribution in [3.63, 3.8) is 0 Å². The minimum absolute atomic E-state index is 0.132. The van der Waals surface area contributed by atoms with E-state index in [0.29, 0.717) is 0 Å². The SMILES string of the molecule is CC(CC(N)=O)O[C@@H]1OC(C(N)=O)[C@H](O)C(O)C1O. The Labute approximate surface area is 109 Å². The number of aliphatic hydroxyl groups is 3. The molecule has 0 saturated carbocycles. The molecule has 2 amide bonds. The minimum Gasteiger partial charge on any atom is -0.387 e. The summed E-state index contributed by atoms with van der Waals surface area (Å²) in [7, 11) is 0. The van der Waals surface area contributed by atoms with E-state index in [-0.39, 0.29) is 6.42 Å². The number of amides is 2. The molecule has 0 bridgehead atoms. The molecule has 6 atom stereocenters. The zero-order valence-corrected chi connectivity index (χ0v) is 10.3. The third kappa shape index (κ3) is 3.85. The lowest BCUT2D eigenvalue weighted by molar-refractivity contribution is -0.299. The molecular weight excluding hydrogens is 260 g/mol. The standard InChI is InChI=1S/C10H18N2O7/c1-3(2-4(11)13)18-10-7(16)5(14)6(15)8(19-10)9(12)17/h3,5-8,10,14-16H,2H2,1H3,(H2,11,13)(H2,12,17)/t3?,5?,6-,7?,8?,10-/m1/s1. The second kappa shape index (κ2) is 6.26. The van der Waals surface area contributed by atoms with E-state index < -0.39 is 48.6 Å². The molecule has 0 spiro atoms. The molecule has 1 heterocycles. The molecule has 4 unspecified atom stereocenters. The van der Waals surface area contributed by atoms with Crippen LogP contribution in [0.3, 0.4) is 0 Å². The van der Waals surface area contributed by atoms with Crippen LogP contribution >= 0.6 is 0 Å². The monoisotopic (exact) mass is 278 g/mol. The van der Waals surface area contributed by atoms with Gasteiger partial charge in [-0.25, -0.2) is 0 Å². The highest BCUT2D eigenvalue weighted by Gasteiger charge is 2.47. The highest BCUT2D eigenvalue weighted by Crippen LogP contribution is 2.23. The van der Waals surface area contributed by atoms with Gasteiger partial charge in [-0.05, 0) is 6.92 Å². The minimum atomic E-state index is -1.66. The van der Waals surface area contributed by atoms with Gasteiger partial charge in [-0.3, -0.25) is 9.59 Å². The maximum atomic E-state index is 11.0. The fraction of sp³-hybridized carbons (Fsp3) is 0.800. The van der Waals surface area contributed by atoms with Crippen LogP contribution in [0.2, 0.25) is 0 Å². The predicted octanol–water partition coefficient (Wildman–Crippen LogP) is -3.44. The first-order chi connectivity index (χ1) is 8.73. The van der Waals surface area contributed by atoms with E-state index in [1.165, 1.54) is 6.92 Å². The number of aliphatic hydroxyl groups excluding tert-OH is 3. The Morgan fingerprint density at radius 2 is 1.79 bits per heavy atom. The molecule has 0 aromatic rings. The van der Waals surface area contributed by atoms with Crippen molar-refractivity contribution >= 4 is 11.8 Å². The molecule has 1 aliphatic rings. The molecule has 0 aromatic carbocycles. The lowest BCUT2D eigenvalue weighted by Gasteiger charge is -2.39. The second-order valence-corrected chi connectivity index (χ2v) is 4.42. The molecule has 7 N–H and O–H groups in total. The molecule has 0 radical (unpaired) electrons. The second-order valence-electron chi connectivity index (χ2n) is 4.42. The molecule has 1 rings (SSSR count). The Hall–Kier alpha value is -1.26. The van der Waals surface area contributed by atoms with Crippen molar-refractivity contribution in [2.24, 2.45) is 11.5 Å². The number of ether oxygens (including phenoxy) is 2. The predicted molar refractivity (Wildman–Crippen MR) is 60.2 cm³/mol. The normalized spacial score (nSPS) is 36.7. The molecule has 1 aliphatic heterocycles. The van der Waals surface area contributed by atoms with Gasteiger partial charge >= 0.3 is 0 Å². The number of hydrogen-bond acceptors (Lipinski definition) is 7. The first-order valence-electron chi connectivity index (χ1n) is 5.66. The summed E-state index contributed by atoms with van der Waals surface area (Å²) in [5.41, 5.74) is 9.96. The molecule has 19 heavy (non-hydrogen) atoms. The Balaban J connectivity index is 2.71. The van der Waals surface area contributed by atoms with Gasteiger partial charge in [0.2, 0.25) is 11.8 Å². The van der Waals surface area contributed by atoms with E-state index in [1.54, 1.807) is 0 Å². The number of hydrogen-bond donors (Lipinski definition) is 5. The summed E-state index contributed by atoms with van der Waals surface area (Å²) in [5, 5.41) is 28.7. The third-order valence-corrected chi connectivity index (χ3v) is 2.71. The molecule has 0 aromatic heterocycles. The summed E-state index contributed by atoms with van der Waals surface area (Å²) in [5.74, 6) is -1.63. The first-order valence-corrected chi connectivity index (χ1v) is 5.66. The summed E-state index contributed by atoms with van der Waals surface area (Å²) in [4.78, 5) is 21.7. The van der Waals surface area contributed by atoms with E-state index in [9.17, 15) is 24.9 Å². The van der Waals surface area contributed by atoms with E-state index in [2.05, 4.69) is 0 Å². The van der Waals surface area contributed by atoms with E-state index in [1.807, 2.05) is 0 Å². The molecular formula is C10H18N2O7. The van der Waals surface area contributed by atoms with Gasteiger partial charge in [-0.15, -0.1) is 0 Å². The van der Waals surface area contributed by atoms with Crippen LogP contribution < -0.4 is 11.5 Å². The third-order valence-electron chi connectivity index (χ3n) is 2.71. The molecule has 9 heteroatoms.